The van der Waals surface area contributed by atoms with Crippen LogP contribution in [0.2, 0.25) is 12.6 Å². The Morgan fingerprint density at radius 1 is 0.557 bits per heavy atom. The Balaban J connectivity index is 1.21. The van der Waals surface area contributed by atoms with Crippen LogP contribution >= 0.6 is 0 Å². The number of rotatable bonds is 11. The lowest BCUT2D eigenvalue weighted by Crippen LogP contribution is -2.45. The minimum Gasteiger partial charge on any atom is -0.376 e. The maximum Gasteiger partial charge on any atom is 0.0751 e. The summed E-state index contributed by atoms with van der Waals surface area (Å²) in [5.74, 6) is 0. The highest BCUT2D eigenvalue weighted by Gasteiger charge is 2.50. The van der Waals surface area contributed by atoms with Gasteiger partial charge in [-0.15, -0.1) is 0 Å². The quantitative estimate of drug-likeness (QED) is 0.0938. The first-order chi connectivity index (χ1) is 28.8. The molecule has 0 radical (unpaired) electrons. The van der Waals surface area contributed by atoms with E-state index in [-0.39, 0.29) is 16.4 Å². The Kier molecular flexibility index (Phi) is 11.4. The van der Waals surface area contributed by atoms with E-state index in [1.54, 1.807) is 22.3 Å². The van der Waals surface area contributed by atoms with Gasteiger partial charge in [-0.1, -0.05) is 176 Å². The van der Waals surface area contributed by atoms with E-state index in [1.807, 2.05) is 0 Å². The maximum atomic E-state index is 6.13. The average Bonchev–Trinajstić information content (AvgIpc) is 3.83. The van der Waals surface area contributed by atoms with Crippen LogP contribution < -0.4 is 0 Å². The number of aryl methyl sites for hydroxylation is 1. The third kappa shape index (κ3) is 8.18. The van der Waals surface area contributed by atoms with E-state index >= 15 is 0 Å². The lowest BCUT2D eigenvalue weighted by molar-refractivity contribution is -0.00471. The molecule has 2 nitrogen and oxygen atoms in total. The van der Waals surface area contributed by atoms with Gasteiger partial charge in [-0.25, -0.2) is 0 Å². The molecule has 3 unspecified atom stereocenters. The SMILES string of the molecule is CC1=Cc2c(-c3cc(C(C)(C)C)cc(C(C)(C)C)c3)cccc2C1[Si](C)(CCCCCCOC(C)(C)C)C1C(C)=Cc2c(-c3ccc4c(c3)c3ccccc3n4C)cccc21. The molecule has 1 aromatic heterocycles. The molecule has 0 spiro atoms. The molecule has 0 N–H and O–H groups in total. The van der Waals surface area contributed by atoms with Crippen LogP contribution in [0.4, 0.5) is 0 Å². The van der Waals surface area contributed by atoms with Gasteiger partial charge in [-0.2, -0.15) is 0 Å². The van der Waals surface area contributed by atoms with E-state index in [9.17, 15) is 0 Å². The van der Waals surface area contributed by atoms with Crippen LogP contribution in [0.5, 0.6) is 0 Å². The van der Waals surface area contributed by atoms with E-state index in [0.717, 1.165) is 13.0 Å². The molecule has 0 saturated heterocycles. The molecule has 1 heterocycles. The molecule has 2 aliphatic carbocycles. The van der Waals surface area contributed by atoms with Crippen molar-refractivity contribution >= 4 is 42.0 Å². The van der Waals surface area contributed by atoms with Crippen molar-refractivity contribution in [1.82, 2.24) is 4.57 Å². The van der Waals surface area contributed by atoms with Crippen LogP contribution in [0.1, 0.15) is 146 Å². The Morgan fingerprint density at radius 2 is 1.10 bits per heavy atom. The number of para-hydroxylation sites is 1. The zero-order valence-corrected chi connectivity index (χ0v) is 40.6. The van der Waals surface area contributed by atoms with E-state index in [4.69, 9.17) is 4.74 Å². The van der Waals surface area contributed by atoms with Gasteiger partial charge in [0.1, 0.15) is 0 Å². The predicted molar refractivity (Wildman–Crippen MR) is 269 cm³/mol. The fourth-order valence-electron chi connectivity index (χ4n) is 11.1. The predicted octanol–water partition coefficient (Wildman–Crippen LogP) is 16.5. The first kappa shape index (κ1) is 43.2. The third-order valence-electron chi connectivity index (χ3n) is 14.2. The summed E-state index contributed by atoms with van der Waals surface area (Å²) in [5, 5.41) is 2.66. The minimum atomic E-state index is -2.19. The molecule has 5 aromatic carbocycles. The molecule has 0 bridgehead atoms. The number of allylic oxidation sites excluding steroid dienone is 2. The molecule has 0 fully saturated rings. The Labute approximate surface area is 369 Å². The summed E-state index contributed by atoms with van der Waals surface area (Å²) in [6, 6.07) is 39.2. The highest BCUT2D eigenvalue weighted by atomic mass is 28.3. The van der Waals surface area contributed by atoms with Gasteiger partial charge < -0.3 is 9.30 Å². The monoisotopic (exact) mass is 826 g/mol. The van der Waals surface area contributed by atoms with Crippen molar-refractivity contribution in [1.29, 1.82) is 0 Å². The van der Waals surface area contributed by atoms with Gasteiger partial charge in [0.15, 0.2) is 0 Å². The van der Waals surface area contributed by atoms with Crippen molar-refractivity contribution in [2.75, 3.05) is 6.61 Å². The summed E-state index contributed by atoms with van der Waals surface area (Å²) in [5.41, 5.74) is 20.8. The van der Waals surface area contributed by atoms with E-state index in [0.29, 0.717) is 11.1 Å². The fourth-order valence-corrected chi connectivity index (χ4v) is 17.2. The molecule has 2 aliphatic rings. The van der Waals surface area contributed by atoms with Crippen molar-refractivity contribution in [3.63, 3.8) is 0 Å². The molecule has 0 aliphatic heterocycles. The van der Waals surface area contributed by atoms with Crippen LogP contribution in [-0.2, 0) is 22.6 Å². The van der Waals surface area contributed by atoms with Gasteiger partial charge in [0.25, 0.3) is 0 Å². The van der Waals surface area contributed by atoms with Crippen LogP contribution in [0, 0.1) is 0 Å². The zero-order chi connectivity index (χ0) is 43.6. The number of nitrogens with zero attached hydrogens (tertiary/aromatic N) is 1. The number of hydrogen-bond donors (Lipinski definition) is 0. The molecule has 3 atom stereocenters. The number of hydrogen-bond acceptors (Lipinski definition) is 1. The van der Waals surface area contributed by atoms with Crippen molar-refractivity contribution < 1.29 is 4.74 Å². The molecule has 0 saturated carbocycles. The maximum absolute atomic E-state index is 6.13. The summed E-state index contributed by atoms with van der Waals surface area (Å²) in [6.07, 6.45) is 10.0. The molecule has 61 heavy (non-hydrogen) atoms. The smallest absolute Gasteiger partial charge is 0.0751 e. The van der Waals surface area contributed by atoms with Gasteiger partial charge in [0.05, 0.1) is 13.7 Å². The molecular weight excluding hydrogens is 755 g/mol. The topological polar surface area (TPSA) is 14.2 Å². The number of fused-ring (bicyclic) bond motifs is 5. The van der Waals surface area contributed by atoms with E-state index < -0.39 is 8.07 Å². The summed E-state index contributed by atoms with van der Waals surface area (Å²) < 4.78 is 8.47. The van der Waals surface area contributed by atoms with Crippen molar-refractivity contribution in [2.24, 2.45) is 7.05 Å². The molecule has 8 rings (SSSR count). The number of aromatic nitrogens is 1. The second-order valence-electron chi connectivity index (χ2n) is 22.0. The molecule has 318 valence electrons. The van der Waals surface area contributed by atoms with Crippen LogP contribution in [-0.4, -0.2) is 24.8 Å². The molecule has 3 heteroatoms. The van der Waals surface area contributed by atoms with Crippen molar-refractivity contribution in [2.45, 2.75) is 142 Å². The summed E-state index contributed by atoms with van der Waals surface area (Å²) in [7, 11) is 0.00602. The lowest BCUT2D eigenvalue weighted by Gasteiger charge is -2.42. The van der Waals surface area contributed by atoms with Gasteiger partial charge in [-0.3, -0.25) is 0 Å². The van der Waals surface area contributed by atoms with Crippen LogP contribution in [0.15, 0.2) is 108 Å². The summed E-state index contributed by atoms with van der Waals surface area (Å²) in [4.78, 5) is 0. The highest BCUT2D eigenvalue weighted by Crippen LogP contribution is 2.56. The van der Waals surface area contributed by atoms with E-state index in [2.05, 4.69) is 204 Å². The molecule has 0 amide bonds. The second kappa shape index (κ2) is 16.0. The standard InChI is InChI=1S/C58H71NOSi/c1-38-32-49-44(40-28-29-53-51(36-40)46-22-16-17-27-52(46)59(53)12)23-20-25-47(49)54(38)61(13,31-19-15-14-18-30-60-58(9,10)11)55-39(2)33-50-45(24-21-26-48(50)55)41-34-42(56(3,4)5)37-43(35-41)57(6,7)8/h16-17,20-29,32-37,54-55H,14-15,18-19,30-31H2,1-13H3. The largest absolute Gasteiger partial charge is 0.376 e. The molecule has 6 aromatic rings. The summed E-state index contributed by atoms with van der Waals surface area (Å²) in [6.45, 7) is 29.1. The molecular formula is C58H71NOSi. The highest BCUT2D eigenvalue weighted by molar-refractivity contribution is 6.83. The van der Waals surface area contributed by atoms with Gasteiger partial charge in [-0.05, 0) is 126 Å². The normalized spacial score (nSPS) is 17.7. The van der Waals surface area contributed by atoms with Crippen molar-refractivity contribution in [3.8, 4) is 22.3 Å². The number of unbranched alkanes of at least 4 members (excludes halogenated alkanes) is 3. The van der Waals surface area contributed by atoms with E-state index in [1.165, 1.54) is 91.6 Å². The van der Waals surface area contributed by atoms with Gasteiger partial charge in [0, 0.05) is 46.5 Å². The lowest BCUT2D eigenvalue weighted by atomic mass is 9.78. The Morgan fingerprint density at radius 3 is 1.67 bits per heavy atom. The zero-order valence-electron chi connectivity index (χ0n) is 39.6. The number of ether oxygens (including phenoxy) is 1. The summed E-state index contributed by atoms with van der Waals surface area (Å²) >= 11 is 0. The average molecular weight is 826 g/mol. The van der Waals surface area contributed by atoms with Crippen LogP contribution in [0.25, 0.3) is 56.2 Å². The van der Waals surface area contributed by atoms with Gasteiger partial charge in [0.2, 0.25) is 0 Å². The van der Waals surface area contributed by atoms with Crippen LogP contribution in [0.3, 0.4) is 0 Å². The van der Waals surface area contributed by atoms with Gasteiger partial charge >= 0.3 is 0 Å². The Bertz CT molecular complexity index is 2650. The first-order valence-corrected chi connectivity index (χ1v) is 26.0. The first-order valence-electron chi connectivity index (χ1n) is 23.2. The third-order valence-corrected chi connectivity index (χ3v) is 19.8. The second-order valence-corrected chi connectivity index (χ2v) is 26.7. The Hall–Kier alpha value is -4.44. The van der Waals surface area contributed by atoms with Crippen molar-refractivity contribution in [3.05, 3.63) is 142 Å². The number of benzene rings is 5. The fraction of sp³-hybridized carbons (Fsp3) is 0.414. The minimum absolute atomic E-state index is 0.0613.